The number of benzene rings is 2. The summed E-state index contributed by atoms with van der Waals surface area (Å²) in [6.07, 6.45) is -0.521. The van der Waals surface area contributed by atoms with Gasteiger partial charge in [0.25, 0.3) is 0 Å². The number of nitrogens with one attached hydrogen (secondary N) is 1. The Morgan fingerprint density at radius 2 is 2.00 bits per heavy atom. The maximum absolute atomic E-state index is 11.9. The molecule has 0 aliphatic carbocycles. The first kappa shape index (κ1) is 14.1. The Morgan fingerprint density at radius 1 is 1.24 bits per heavy atom. The minimum atomic E-state index is -0.521. The third-order valence-electron chi connectivity index (χ3n) is 3.52. The zero-order chi connectivity index (χ0) is 15.0. The number of para-hydroxylation sites is 2. The van der Waals surface area contributed by atoms with Crippen molar-refractivity contribution < 1.29 is 9.90 Å². The third-order valence-corrected chi connectivity index (χ3v) is 4.15. The molecule has 1 aliphatic rings. The second-order valence-electron chi connectivity index (χ2n) is 5.04. The van der Waals surface area contributed by atoms with E-state index in [1.54, 1.807) is 6.92 Å². The molecule has 1 atom stereocenters. The molecule has 21 heavy (non-hydrogen) atoms. The quantitative estimate of drug-likeness (QED) is 0.873. The molecule has 3 rings (SSSR count). The van der Waals surface area contributed by atoms with Crippen molar-refractivity contribution in [2.24, 2.45) is 0 Å². The molecule has 0 fully saturated rings. The van der Waals surface area contributed by atoms with Gasteiger partial charge in [0, 0.05) is 4.47 Å². The van der Waals surface area contributed by atoms with Gasteiger partial charge in [-0.25, -0.2) is 0 Å². The summed E-state index contributed by atoms with van der Waals surface area (Å²) in [5.74, 6) is -0.0415. The number of hydrogen-bond donors (Lipinski definition) is 2. The van der Waals surface area contributed by atoms with Crippen LogP contribution in [0.15, 0.2) is 46.9 Å². The topological polar surface area (TPSA) is 52.6 Å². The van der Waals surface area contributed by atoms with E-state index in [9.17, 15) is 9.90 Å². The Labute approximate surface area is 131 Å². The largest absolute Gasteiger partial charge is 0.389 e. The van der Waals surface area contributed by atoms with Crippen molar-refractivity contribution in [3.05, 3.63) is 52.5 Å². The first-order valence-electron chi connectivity index (χ1n) is 6.70. The maximum atomic E-state index is 11.9. The molecule has 2 aromatic carbocycles. The molecule has 4 nitrogen and oxygen atoms in total. The van der Waals surface area contributed by atoms with Crippen molar-refractivity contribution in [3.8, 4) is 0 Å². The second kappa shape index (κ2) is 5.50. The number of carbonyl (C=O) groups excluding carboxylic acids is 1. The lowest BCUT2D eigenvalue weighted by Crippen LogP contribution is -2.35. The molecule has 2 N–H and O–H groups in total. The number of rotatable bonds is 2. The monoisotopic (exact) mass is 346 g/mol. The van der Waals surface area contributed by atoms with Crippen LogP contribution in [0.25, 0.3) is 0 Å². The van der Waals surface area contributed by atoms with E-state index >= 15 is 0 Å². The molecule has 108 valence electrons. The highest BCUT2D eigenvalue weighted by atomic mass is 79.9. The van der Waals surface area contributed by atoms with E-state index in [2.05, 4.69) is 21.2 Å². The lowest BCUT2D eigenvalue weighted by atomic mass is 10.1. The maximum Gasteiger partial charge on any atom is 0.244 e. The average molecular weight is 347 g/mol. The summed E-state index contributed by atoms with van der Waals surface area (Å²) in [4.78, 5) is 13.9. The minimum absolute atomic E-state index is 0.0415. The van der Waals surface area contributed by atoms with E-state index in [4.69, 9.17) is 0 Å². The first-order chi connectivity index (χ1) is 10.1. The standard InChI is InChI=1S/C16H15BrN2O2/c1-10(20)11-6-7-14(12(17)8-11)19-9-16(21)18-13-4-2-3-5-15(13)19/h2-8,10,20H,9H2,1H3,(H,18,21)/t10-/m1/s1. The molecular weight excluding hydrogens is 332 g/mol. The lowest BCUT2D eigenvalue weighted by molar-refractivity contribution is -0.115. The predicted octanol–water partition coefficient (Wildman–Crippen LogP) is 3.59. The number of aliphatic hydroxyl groups excluding tert-OH is 1. The fraction of sp³-hybridized carbons (Fsp3) is 0.188. The van der Waals surface area contributed by atoms with Crippen LogP contribution < -0.4 is 10.2 Å². The van der Waals surface area contributed by atoms with Gasteiger partial charge < -0.3 is 15.3 Å². The molecule has 0 radical (unpaired) electrons. The van der Waals surface area contributed by atoms with Gasteiger partial charge >= 0.3 is 0 Å². The summed E-state index contributed by atoms with van der Waals surface area (Å²) < 4.78 is 0.852. The normalized spacial score (nSPS) is 15.4. The summed E-state index contributed by atoms with van der Waals surface area (Å²) in [6, 6.07) is 13.4. The van der Waals surface area contributed by atoms with Gasteiger partial charge in [-0.1, -0.05) is 18.2 Å². The zero-order valence-corrected chi connectivity index (χ0v) is 13.1. The van der Waals surface area contributed by atoms with Crippen LogP contribution in [-0.4, -0.2) is 17.6 Å². The number of carbonyl (C=O) groups is 1. The molecule has 0 aromatic heterocycles. The van der Waals surface area contributed by atoms with Crippen LogP contribution in [0.2, 0.25) is 0 Å². The molecule has 0 saturated carbocycles. The molecular formula is C16H15BrN2O2. The highest BCUT2D eigenvalue weighted by Crippen LogP contribution is 2.39. The Bertz CT molecular complexity index is 700. The second-order valence-corrected chi connectivity index (χ2v) is 5.89. The van der Waals surface area contributed by atoms with Crippen LogP contribution in [0.1, 0.15) is 18.6 Å². The Balaban J connectivity index is 2.07. The fourth-order valence-corrected chi connectivity index (χ4v) is 3.06. The van der Waals surface area contributed by atoms with Gasteiger partial charge in [0.05, 0.1) is 23.2 Å². The highest BCUT2D eigenvalue weighted by Gasteiger charge is 2.24. The highest BCUT2D eigenvalue weighted by molar-refractivity contribution is 9.10. The first-order valence-corrected chi connectivity index (χ1v) is 7.49. The van der Waals surface area contributed by atoms with Crippen LogP contribution >= 0.6 is 15.9 Å². The summed E-state index contributed by atoms with van der Waals surface area (Å²) in [7, 11) is 0. The molecule has 0 spiro atoms. The van der Waals surface area contributed by atoms with Crippen LogP contribution in [0, 0.1) is 0 Å². The van der Waals surface area contributed by atoms with Gasteiger partial charge in [0.15, 0.2) is 0 Å². The van der Waals surface area contributed by atoms with Crippen LogP contribution in [-0.2, 0) is 4.79 Å². The van der Waals surface area contributed by atoms with E-state index in [-0.39, 0.29) is 12.5 Å². The van der Waals surface area contributed by atoms with E-state index < -0.39 is 6.10 Å². The van der Waals surface area contributed by atoms with Crippen molar-refractivity contribution in [1.29, 1.82) is 0 Å². The van der Waals surface area contributed by atoms with E-state index in [0.29, 0.717) is 0 Å². The summed E-state index contributed by atoms with van der Waals surface area (Å²) >= 11 is 3.54. The lowest BCUT2D eigenvalue weighted by Gasteiger charge is -2.31. The number of hydrogen-bond acceptors (Lipinski definition) is 3. The van der Waals surface area contributed by atoms with Gasteiger partial charge in [-0.2, -0.15) is 0 Å². The van der Waals surface area contributed by atoms with Gasteiger partial charge in [-0.05, 0) is 52.7 Å². The third kappa shape index (κ3) is 2.66. The molecule has 0 bridgehead atoms. The summed E-state index contributed by atoms with van der Waals surface area (Å²) in [6.45, 7) is 1.99. The SMILES string of the molecule is C[C@@H](O)c1ccc(N2CC(=O)Nc3ccccc32)c(Br)c1. The van der Waals surface area contributed by atoms with Crippen molar-refractivity contribution in [3.63, 3.8) is 0 Å². The van der Waals surface area contributed by atoms with Crippen molar-refractivity contribution in [2.75, 3.05) is 16.8 Å². The van der Waals surface area contributed by atoms with Crippen molar-refractivity contribution >= 4 is 38.9 Å². The molecule has 1 amide bonds. The average Bonchev–Trinajstić information content (AvgIpc) is 2.46. The number of aliphatic hydroxyl groups is 1. The summed E-state index contributed by atoms with van der Waals surface area (Å²) in [5.41, 5.74) is 3.50. The van der Waals surface area contributed by atoms with Gasteiger partial charge in [0.1, 0.15) is 6.54 Å². The summed E-state index contributed by atoms with van der Waals surface area (Å²) in [5, 5.41) is 12.5. The van der Waals surface area contributed by atoms with E-state index in [0.717, 1.165) is 27.1 Å². The van der Waals surface area contributed by atoms with Gasteiger partial charge in [-0.3, -0.25) is 4.79 Å². The minimum Gasteiger partial charge on any atom is -0.389 e. The number of halogens is 1. The smallest absolute Gasteiger partial charge is 0.244 e. The zero-order valence-electron chi connectivity index (χ0n) is 11.5. The number of amides is 1. The van der Waals surface area contributed by atoms with Gasteiger partial charge in [-0.15, -0.1) is 0 Å². The fourth-order valence-electron chi connectivity index (χ4n) is 2.45. The molecule has 0 saturated heterocycles. The molecule has 0 unspecified atom stereocenters. The Kier molecular flexibility index (Phi) is 3.69. The number of anilines is 3. The molecule has 2 aromatic rings. The molecule has 5 heteroatoms. The molecule has 1 heterocycles. The van der Waals surface area contributed by atoms with Crippen molar-refractivity contribution in [1.82, 2.24) is 0 Å². The Hall–Kier alpha value is -1.85. The van der Waals surface area contributed by atoms with Crippen molar-refractivity contribution in [2.45, 2.75) is 13.0 Å². The number of fused-ring (bicyclic) bond motifs is 1. The van der Waals surface area contributed by atoms with Crippen LogP contribution in [0.4, 0.5) is 17.1 Å². The van der Waals surface area contributed by atoms with Crippen LogP contribution in [0.3, 0.4) is 0 Å². The number of nitrogens with zero attached hydrogens (tertiary/aromatic N) is 1. The van der Waals surface area contributed by atoms with E-state index in [1.807, 2.05) is 47.4 Å². The van der Waals surface area contributed by atoms with Crippen LogP contribution in [0.5, 0.6) is 0 Å². The predicted molar refractivity (Wildman–Crippen MR) is 86.9 cm³/mol. The molecule has 1 aliphatic heterocycles. The van der Waals surface area contributed by atoms with Gasteiger partial charge in [0.2, 0.25) is 5.91 Å². The van der Waals surface area contributed by atoms with E-state index in [1.165, 1.54) is 0 Å². The Morgan fingerprint density at radius 3 is 2.71 bits per heavy atom.